The average molecular weight is 607 g/mol. The number of fused-ring (bicyclic) bond motifs is 4. The van der Waals surface area contributed by atoms with Crippen LogP contribution in [0.1, 0.15) is 53.3 Å². The third kappa shape index (κ3) is 4.41. The van der Waals surface area contributed by atoms with Crippen molar-refractivity contribution in [3.63, 3.8) is 0 Å². The van der Waals surface area contributed by atoms with Gasteiger partial charge in [0.05, 0.1) is 29.6 Å². The quantitative estimate of drug-likeness (QED) is 0.253. The number of piperidine rings is 1. The number of aromatic nitrogens is 4. The van der Waals surface area contributed by atoms with E-state index in [1.807, 2.05) is 40.8 Å². The number of carbonyl (C=O) groups is 2. The molecule has 3 aromatic heterocycles. The summed E-state index contributed by atoms with van der Waals surface area (Å²) in [7, 11) is 3.59. The zero-order chi connectivity index (χ0) is 31.1. The lowest BCUT2D eigenvalue weighted by Crippen LogP contribution is -2.38. The molecule has 0 spiro atoms. The number of amides is 2. The van der Waals surface area contributed by atoms with Crippen LogP contribution in [0.15, 0.2) is 48.5 Å². The lowest BCUT2D eigenvalue weighted by molar-refractivity contribution is 0.0695. The highest BCUT2D eigenvalue weighted by Gasteiger charge is 2.46. The van der Waals surface area contributed by atoms with Gasteiger partial charge in [-0.25, -0.2) is 14.4 Å². The van der Waals surface area contributed by atoms with Crippen LogP contribution < -0.4 is 10.5 Å². The van der Waals surface area contributed by atoms with E-state index in [0.717, 1.165) is 66.5 Å². The Bertz CT molecular complexity index is 2040. The summed E-state index contributed by atoms with van der Waals surface area (Å²) in [6.45, 7) is 3.84. The van der Waals surface area contributed by atoms with Crippen molar-refractivity contribution in [1.82, 2.24) is 24.0 Å². The minimum Gasteiger partial charge on any atom is -0.494 e. The number of nitrogens with two attached hydrogens (primary N) is 1. The van der Waals surface area contributed by atoms with Crippen molar-refractivity contribution in [3.05, 3.63) is 65.5 Å². The van der Waals surface area contributed by atoms with E-state index < -0.39 is 11.7 Å². The van der Waals surface area contributed by atoms with E-state index in [1.165, 1.54) is 12.5 Å². The number of imidazole rings is 1. The van der Waals surface area contributed by atoms with Gasteiger partial charge in [0.2, 0.25) is 5.91 Å². The number of hydrogen-bond donors (Lipinski definition) is 1. The van der Waals surface area contributed by atoms with Crippen molar-refractivity contribution < 1.29 is 18.7 Å². The van der Waals surface area contributed by atoms with Crippen molar-refractivity contribution in [2.75, 3.05) is 13.7 Å². The Morgan fingerprint density at radius 2 is 1.87 bits per heavy atom. The number of ether oxygens (including phenoxy) is 1. The largest absolute Gasteiger partial charge is 0.494 e. The molecule has 2 saturated carbocycles. The van der Waals surface area contributed by atoms with Gasteiger partial charge in [-0.3, -0.25) is 9.59 Å². The number of hydrogen-bond acceptors (Lipinski definition) is 5. The summed E-state index contributed by atoms with van der Waals surface area (Å²) in [5, 5.41) is 0.922. The molecular weight excluding hydrogens is 571 g/mol. The van der Waals surface area contributed by atoms with Gasteiger partial charge < -0.3 is 24.5 Å². The van der Waals surface area contributed by atoms with Crippen LogP contribution in [-0.2, 0) is 13.6 Å². The molecule has 8 rings (SSSR count). The normalized spacial score (nSPS) is 20.9. The van der Waals surface area contributed by atoms with Crippen LogP contribution in [0.25, 0.3) is 44.8 Å². The number of aryl methyl sites for hydroxylation is 1. The molecule has 2 unspecified atom stereocenters. The molecule has 230 valence electrons. The number of carbonyl (C=O) groups excluding carboxylic acids is 2. The Kier molecular flexibility index (Phi) is 6.27. The van der Waals surface area contributed by atoms with Crippen LogP contribution in [0.3, 0.4) is 0 Å². The van der Waals surface area contributed by atoms with Gasteiger partial charge >= 0.3 is 0 Å². The van der Waals surface area contributed by atoms with Gasteiger partial charge in [0.15, 0.2) is 5.82 Å². The van der Waals surface area contributed by atoms with Gasteiger partial charge in [-0.05, 0) is 92.0 Å². The minimum absolute atomic E-state index is 0.0390. The maximum Gasteiger partial charge on any atom is 0.254 e. The first-order valence-corrected chi connectivity index (χ1v) is 15.7. The summed E-state index contributed by atoms with van der Waals surface area (Å²) in [5.41, 5.74) is 10.5. The van der Waals surface area contributed by atoms with Gasteiger partial charge in [0.25, 0.3) is 5.91 Å². The molecule has 5 aromatic rings. The molecule has 2 bridgehead atoms. The van der Waals surface area contributed by atoms with Crippen molar-refractivity contribution >= 4 is 33.9 Å². The molecule has 3 atom stereocenters. The predicted octanol–water partition coefficient (Wildman–Crippen LogP) is 5.78. The third-order valence-corrected chi connectivity index (χ3v) is 10.3. The highest BCUT2D eigenvalue weighted by atomic mass is 19.1. The highest BCUT2D eigenvalue weighted by molar-refractivity contribution is 6.01. The number of rotatable bonds is 7. The molecule has 0 radical (unpaired) electrons. The summed E-state index contributed by atoms with van der Waals surface area (Å²) in [6, 6.07) is 13.9. The molecule has 2 aliphatic carbocycles. The third-order valence-electron chi connectivity index (χ3n) is 10.3. The standard InChI is InChI=1S/C35H35FN6O3/c1-18-21-7-11-28(18)42(17-21)35(44)22-12-27-31(30(14-22)45-3)40(2)34(39-27)29-13-20-6-10-26(38-33(20)41(29)16-19-4-5-19)24-9-8-23(36)15-25(24)32(37)43/h6,8-10,12-15,18-19,21,28H,4-5,7,11,16-17H2,1-3H3,(H2,37,43)/t18-,21?,28?/m1/s1. The molecule has 45 heavy (non-hydrogen) atoms. The molecule has 3 aliphatic rings. The Hall–Kier alpha value is -4.73. The van der Waals surface area contributed by atoms with E-state index in [9.17, 15) is 14.0 Å². The molecule has 1 aliphatic heterocycles. The minimum atomic E-state index is -0.710. The van der Waals surface area contributed by atoms with Gasteiger partial charge in [-0.2, -0.15) is 0 Å². The molecule has 2 N–H and O–H groups in total. The van der Waals surface area contributed by atoms with Gasteiger partial charge in [-0.1, -0.05) is 6.92 Å². The van der Waals surface area contributed by atoms with Gasteiger partial charge in [0, 0.05) is 42.7 Å². The molecule has 10 heteroatoms. The topological polar surface area (TPSA) is 108 Å². The molecule has 4 heterocycles. The fraction of sp³-hybridized carbons (Fsp3) is 0.371. The summed E-state index contributed by atoms with van der Waals surface area (Å²) in [6.07, 6.45) is 4.54. The fourth-order valence-corrected chi connectivity index (χ4v) is 7.68. The van der Waals surface area contributed by atoms with Gasteiger partial charge in [0.1, 0.15) is 22.7 Å². The van der Waals surface area contributed by atoms with E-state index in [4.69, 9.17) is 20.4 Å². The number of likely N-dealkylation sites (tertiary alicyclic amines) is 1. The lowest BCUT2D eigenvalue weighted by atomic mass is 10.0. The number of methoxy groups -OCH3 is 1. The number of benzene rings is 2. The lowest BCUT2D eigenvalue weighted by Gasteiger charge is -2.27. The molecule has 1 saturated heterocycles. The zero-order valence-corrected chi connectivity index (χ0v) is 25.6. The molecule has 3 fully saturated rings. The van der Waals surface area contributed by atoms with E-state index in [0.29, 0.717) is 51.9 Å². The van der Waals surface area contributed by atoms with E-state index >= 15 is 0 Å². The monoisotopic (exact) mass is 606 g/mol. The smallest absolute Gasteiger partial charge is 0.254 e. The molecular formula is C35H35FN6O3. The van der Waals surface area contributed by atoms with E-state index in [1.54, 1.807) is 13.2 Å². The Morgan fingerprint density at radius 3 is 2.56 bits per heavy atom. The van der Waals surface area contributed by atoms with Crippen molar-refractivity contribution in [2.45, 2.75) is 45.2 Å². The van der Waals surface area contributed by atoms with E-state index in [2.05, 4.69) is 17.6 Å². The fourth-order valence-electron chi connectivity index (χ4n) is 7.68. The first kappa shape index (κ1) is 27.8. The van der Waals surface area contributed by atoms with Crippen molar-refractivity contribution in [3.8, 4) is 28.5 Å². The highest BCUT2D eigenvalue weighted by Crippen LogP contribution is 2.44. The number of halogens is 1. The maximum atomic E-state index is 14.0. The second kappa shape index (κ2) is 10.2. The summed E-state index contributed by atoms with van der Waals surface area (Å²) in [5.74, 6) is 1.79. The Labute approximate surface area is 259 Å². The first-order chi connectivity index (χ1) is 21.7. The molecule has 2 amide bonds. The van der Waals surface area contributed by atoms with Crippen LogP contribution in [0, 0.1) is 23.6 Å². The van der Waals surface area contributed by atoms with E-state index in [-0.39, 0.29) is 11.5 Å². The second-order valence-corrected chi connectivity index (χ2v) is 13.0. The molecule has 9 nitrogen and oxygen atoms in total. The Morgan fingerprint density at radius 1 is 1.04 bits per heavy atom. The second-order valence-electron chi connectivity index (χ2n) is 13.0. The van der Waals surface area contributed by atoms with Crippen LogP contribution in [0.2, 0.25) is 0 Å². The summed E-state index contributed by atoms with van der Waals surface area (Å²) >= 11 is 0. The molecule has 2 aromatic carbocycles. The van der Waals surface area contributed by atoms with Crippen LogP contribution >= 0.6 is 0 Å². The van der Waals surface area contributed by atoms with Crippen LogP contribution in [-0.4, -0.2) is 55.5 Å². The Balaban J connectivity index is 1.25. The predicted molar refractivity (Wildman–Crippen MR) is 169 cm³/mol. The first-order valence-electron chi connectivity index (χ1n) is 15.7. The van der Waals surface area contributed by atoms with Gasteiger partial charge in [-0.15, -0.1) is 0 Å². The zero-order valence-electron chi connectivity index (χ0n) is 25.6. The maximum absolute atomic E-state index is 14.0. The number of nitrogens with zero attached hydrogens (tertiary/aromatic N) is 5. The van der Waals surface area contributed by atoms with Crippen molar-refractivity contribution in [2.24, 2.45) is 30.5 Å². The summed E-state index contributed by atoms with van der Waals surface area (Å²) in [4.78, 5) is 38.1. The van der Waals surface area contributed by atoms with Crippen LogP contribution in [0.4, 0.5) is 4.39 Å². The summed E-state index contributed by atoms with van der Waals surface area (Å²) < 4.78 is 24.0. The average Bonchev–Trinajstić information content (AvgIpc) is 3.44. The number of primary amides is 1. The SMILES string of the molecule is COc1cc(C(=O)N2CC3CCC2[C@@H]3C)cc2nc(-c3cc4ccc(-c5ccc(F)cc5C(N)=O)nc4n3CC3CC3)n(C)c12. The van der Waals surface area contributed by atoms with Crippen LogP contribution in [0.5, 0.6) is 5.75 Å². The van der Waals surface area contributed by atoms with Crippen molar-refractivity contribution in [1.29, 1.82) is 0 Å². The number of pyridine rings is 1.